The molecule has 2 rings (SSSR count). The van der Waals surface area contributed by atoms with Crippen LogP contribution in [0.25, 0.3) is 0 Å². The lowest BCUT2D eigenvalue weighted by molar-refractivity contribution is -0.143. The number of ketones is 1. The van der Waals surface area contributed by atoms with Crippen LogP contribution < -0.4 is 17.0 Å². The molecule has 0 radical (unpaired) electrons. The summed E-state index contributed by atoms with van der Waals surface area (Å²) in [4.78, 5) is 36.6. The standard InChI is InChI=1S/C14H20FN3O7.ClH/c1-4(2)6(16)7(19)8(20)11-9(21)10(22)13(25-11)18-3-5(15)12(23)17-14(18)24;/h3-4,6,8-11,13,20-22H,16H2,1-2H3,(H,17,23,24);1H/t6-,8?,9-,10+,11+,13+;/m0./s1. The zero-order valence-electron chi connectivity index (χ0n) is 13.9. The minimum Gasteiger partial charge on any atom is -0.387 e. The second-order valence-electron chi connectivity index (χ2n) is 6.23. The number of hydrogen-bond donors (Lipinski definition) is 5. The summed E-state index contributed by atoms with van der Waals surface area (Å²) in [5.74, 6) is -2.42. The van der Waals surface area contributed by atoms with E-state index in [1.165, 1.54) is 0 Å². The molecule has 0 aliphatic carbocycles. The van der Waals surface area contributed by atoms with E-state index in [0.29, 0.717) is 10.8 Å². The van der Waals surface area contributed by atoms with Crippen molar-refractivity contribution in [3.63, 3.8) is 0 Å². The van der Waals surface area contributed by atoms with Crippen molar-refractivity contribution in [2.45, 2.75) is 50.5 Å². The SMILES string of the molecule is CC(C)[C@H](N)C(=O)C(O)[C@H]1O[C@@H](n2cc(F)c(=O)[nH]c2=O)[C@H](O)[C@@H]1O.Cl. The Kier molecular flexibility index (Phi) is 7.22. The molecule has 148 valence electrons. The number of nitrogens with two attached hydrogens (primary N) is 1. The monoisotopic (exact) mass is 397 g/mol. The first-order chi connectivity index (χ1) is 11.6. The highest BCUT2D eigenvalue weighted by atomic mass is 35.5. The number of H-pyrrole nitrogens is 1. The van der Waals surface area contributed by atoms with Crippen LogP contribution in [0.5, 0.6) is 0 Å². The van der Waals surface area contributed by atoms with Crippen molar-refractivity contribution in [2.75, 3.05) is 0 Å². The van der Waals surface area contributed by atoms with Gasteiger partial charge in [0.1, 0.15) is 24.4 Å². The Morgan fingerprint density at radius 2 is 1.92 bits per heavy atom. The molecule has 0 spiro atoms. The van der Waals surface area contributed by atoms with E-state index in [4.69, 9.17) is 10.5 Å². The lowest BCUT2D eigenvalue weighted by Crippen LogP contribution is -2.50. The first-order valence-corrected chi connectivity index (χ1v) is 7.56. The van der Waals surface area contributed by atoms with Crippen LogP contribution in [-0.4, -0.2) is 61.1 Å². The Morgan fingerprint density at radius 3 is 2.46 bits per heavy atom. The Bertz CT molecular complexity index is 768. The number of halogens is 2. The lowest BCUT2D eigenvalue weighted by Gasteiger charge is -2.24. The van der Waals surface area contributed by atoms with Crippen molar-refractivity contribution in [1.29, 1.82) is 0 Å². The van der Waals surface area contributed by atoms with Crippen molar-refractivity contribution >= 4 is 18.2 Å². The van der Waals surface area contributed by atoms with E-state index in [-0.39, 0.29) is 18.3 Å². The number of ether oxygens (including phenoxy) is 1. The van der Waals surface area contributed by atoms with E-state index in [1.54, 1.807) is 18.8 Å². The summed E-state index contributed by atoms with van der Waals surface area (Å²) in [7, 11) is 0. The van der Waals surface area contributed by atoms with Gasteiger partial charge in [0.15, 0.2) is 12.0 Å². The zero-order chi connectivity index (χ0) is 19.0. The van der Waals surface area contributed by atoms with Gasteiger partial charge in [-0.2, -0.15) is 4.39 Å². The molecule has 1 saturated heterocycles. The number of hydrogen-bond acceptors (Lipinski definition) is 8. The number of nitrogens with one attached hydrogen (secondary N) is 1. The molecular weight excluding hydrogens is 377 g/mol. The average molecular weight is 398 g/mol. The van der Waals surface area contributed by atoms with Gasteiger partial charge in [0, 0.05) is 0 Å². The third-order valence-electron chi connectivity index (χ3n) is 4.12. The third kappa shape index (κ3) is 4.03. The second-order valence-corrected chi connectivity index (χ2v) is 6.23. The number of aromatic nitrogens is 2. The van der Waals surface area contributed by atoms with Gasteiger partial charge in [-0.3, -0.25) is 19.1 Å². The fourth-order valence-corrected chi connectivity index (χ4v) is 2.51. The highest BCUT2D eigenvalue weighted by Crippen LogP contribution is 2.30. The molecule has 6 N–H and O–H groups in total. The average Bonchev–Trinajstić information content (AvgIpc) is 2.84. The maximum atomic E-state index is 13.4. The molecule has 2 heterocycles. The van der Waals surface area contributed by atoms with Crippen molar-refractivity contribution in [1.82, 2.24) is 9.55 Å². The van der Waals surface area contributed by atoms with Crippen molar-refractivity contribution < 1.29 is 29.2 Å². The van der Waals surface area contributed by atoms with Gasteiger partial charge in [-0.1, -0.05) is 13.8 Å². The first-order valence-electron chi connectivity index (χ1n) is 7.56. The number of carbonyl (C=O) groups excluding carboxylic acids is 1. The minimum absolute atomic E-state index is 0. The van der Waals surface area contributed by atoms with Gasteiger partial charge in [0.2, 0.25) is 5.82 Å². The van der Waals surface area contributed by atoms with Crippen LogP contribution in [0.4, 0.5) is 4.39 Å². The number of rotatable bonds is 5. The van der Waals surface area contributed by atoms with E-state index in [9.17, 15) is 34.1 Å². The number of nitrogens with zero attached hydrogens (tertiary/aromatic N) is 1. The predicted molar refractivity (Wildman–Crippen MR) is 88.3 cm³/mol. The molecule has 6 atom stereocenters. The van der Waals surface area contributed by atoms with Crippen LogP contribution in [0.3, 0.4) is 0 Å². The molecule has 1 unspecified atom stereocenters. The Labute approximate surface area is 152 Å². The Hall–Kier alpha value is -1.63. The van der Waals surface area contributed by atoms with Crippen LogP contribution in [0.15, 0.2) is 15.8 Å². The van der Waals surface area contributed by atoms with Gasteiger partial charge >= 0.3 is 5.69 Å². The number of Topliss-reactive ketones (excluding diaryl/α,β-unsaturated/α-hetero) is 1. The molecule has 1 aliphatic heterocycles. The van der Waals surface area contributed by atoms with Crippen molar-refractivity contribution in [2.24, 2.45) is 11.7 Å². The summed E-state index contributed by atoms with van der Waals surface area (Å²) in [6, 6.07) is -1.03. The first kappa shape index (κ1) is 22.4. The molecule has 0 amide bonds. The quantitative estimate of drug-likeness (QED) is 0.367. The Morgan fingerprint density at radius 1 is 1.35 bits per heavy atom. The third-order valence-corrected chi connectivity index (χ3v) is 4.12. The van der Waals surface area contributed by atoms with Crippen LogP contribution in [0, 0.1) is 11.7 Å². The molecule has 12 heteroatoms. The minimum atomic E-state index is -1.87. The Balaban J connectivity index is 0.00000338. The normalized spacial score (nSPS) is 27.8. The van der Waals surface area contributed by atoms with E-state index in [1.807, 2.05) is 0 Å². The smallest absolute Gasteiger partial charge is 0.330 e. The molecule has 26 heavy (non-hydrogen) atoms. The summed E-state index contributed by atoms with van der Waals surface area (Å²) in [6.07, 6.45) is -8.07. The van der Waals surface area contributed by atoms with Crippen LogP contribution in [-0.2, 0) is 9.53 Å². The molecule has 0 aromatic carbocycles. The van der Waals surface area contributed by atoms with Crippen molar-refractivity contribution in [3.05, 3.63) is 32.9 Å². The van der Waals surface area contributed by atoms with E-state index < -0.39 is 59.5 Å². The number of aromatic amines is 1. The van der Waals surface area contributed by atoms with Crippen molar-refractivity contribution in [3.8, 4) is 0 Å². The highest BCUT2D eigenvalue weighted by molar-refractivity contribution is 5.88. The topological polar surface area (TPSA) is 168 Å². The number of carbonyl (C=O) groups is 1. The fourth-order valence-electron chi connectivity index (χ4n) is 2.51. The highest BCUT2D eigenvalue weighted by Gasteiger charge is 2.49. The maximum Gasteiger partial charge on any atom is 0.330 e. The summed E-state index contributed by atoms with van der Waals surface area (Å²) in [5.41, 5.74) is 3.31. The fraction of sp³-hybridized carbons (Fsp3) is 0.643. The van der Waals surface area contributed by atoms with Crippen LogP contribution in [0.2, 0.25) is 0 Å². The van der Waals surface area contributed by atoms with E-state index in [0.717, 1.165) is 0 Å². The van der Waals surface area contributed by atoms with Crippen LogP contribution >= 0.6 is 12.4 Å². The van der Waals surface area contributed by atoms with Crippen LogP contribution in [0.1, 0.15) is 20.1 Å². The molecule has 1 fully saturated rings. The summed E-state index contributed by atoms with van der Waals surface area (Å²) in [5, 5.41) is 30.2. The molecule has 0 saturated carbocycles. The molecule has 1 aromatic heterocycles. The van der Waals surface area contributed by atoms with Gasteiger partial charge in [-0.15, -0.1) is 12.4 Å². The zero-order valence-corrected chi connectivity index (χ0v) is 14.7. The van der Waals surface area contributed by atoms with E-state index in [2.05, 4.69) is 0 Å². The van der Waals surface area contributed by atoms with Gasteiger partial charge in [0.05, 0.1) is 12.2 Å². The number of aliphatic hydroxyl groups is 3. The number of aliphatic hydroxyl groups excluding tert-OH is 3. The summed E-state index contributed by atoms with van der Waals surface area (Å²) < 4.78 is 19.1. The van der Waals surface area contributed by atoms with Gasteiger partial charge < -0.3 is 25.8 Å². The lowest BCUT2D eigenvalue weighted by atomic mass is 9.93. The largest absolute Gasteiger partial charge is 0.387 e. The second kappa shape index (κ2) is 8.37. The predicted octanol–water partition coefficient (Wildman–Crippen LogP) is -2.37. The van der Waals surface area contributed by atoms with E-state index >= 15 is 0 Å². The van der Waals surface area contributed by atoms with Gasteiger partial charge in [0.25, 0.3) is 5.56 Å². The summed E-state index contributed by atoms with van der Waals surface area (Å²) in [6.45, 7) is 3.31. The van der Waals surface area contributed by atoms with Gasteiger partial charge in [-0.05, 0) is 5.92 Å². The molecule has 1 aromatic rings. The molecular formula is C14H21ClFN3O7. The molecule has 0 bridgehead atoms. The maximum absolute atomic E-state index is 13.4. The summed E-state index contributed by atoms with van der Waals surface area (Å²) >= 11 is 0. The molecule has 1 aliphatic rings. The van der Waals surface area contributed by atoms with Gasteiger partial charge in [-0.25, -0.2) is 4.79 Å². The molecule has 10 nitrogen and oxygen atoms in total.